The van der Waals surface area contributed by atoms with Gasteiger partial charge in [-0.2, -0.15) is 0 Å². The van der Waals surface area contributed by atoms with Gasteiger partial charge in [0.15, 0.2) is 0 Å². The predicted octanol–water partition coefficient (Wildman–Crippen LogP) is 4.68. The highest BCUT2D eigenvalue weighted by Gasteiger charge is 2.45. The molecular weight excluding hydrogens is 528 g/mol. The van der Waals surface area contributed by atoms with Gasteiger partial charge in [0.05, 0.1) is 24.3 Å². The molecule has 1 aromatic carbocycles. The minimum absolute atomic E-state index is 0.00786. The smallest absolute Gasteiger partial charge is 0.254 e. The summed E-state index contributed by atoms with van der Waals surface area (Å²) in [6, 6.07) is 15.2. The third kappa shape index (κ3) is 4.82. The van der Waals surface area contributed by atoms with E-state index in [0.717, 1.165) is 22.4 Å². The molecule has 0 bridgehead atoms. The lowest BCUT2D eigenvalue weighted by molar-refractivity contribution is -0.124. The van der Waals surface area contributed by atoms with E-state index in [1.165, 1.54) is 11.3 Å². The molecule has 2 aliphatic rings. The van der Waals surface area contributed by atoms with E-state index >= 15 is 0 Å². The van der Waals surface area contributed by atoms with Crippen molar-refractivity contribution in [3.63, 3.8) is 0 Å². The molecule has 5 heterocycles. The average Bonchev–Trinajstić information content (AvgIpc) is 3.48. The first-order valence-corrected chi connectivity index (χ1v) is 13.9. The summed E-state index contributed by atoms with van der Waals surface area (Å²) in [6.45, 7) is 7.98. The summed E-state index contributed by atoms with van der Waals surface area (Å²) in [5, 5.41) is 11.1. The zero-order valence-electron chi connectivity index (χ0n) is 22.4. The molecule has 204 valence electrons. The Kier molecular flexibility index (Phi) is 6.77. The van der Waals surface area contributed by atoms with Gasteiger partial charge in [-0.05, 0) is 31.2 Å². The number of hydrogen-bond acceptors (Lipinski definition) is 9. The lowest BCUT2D eigenvalue weighted by Crippen LogP contribution is -2.40. The van der Waals surface area contributed by atoms with Crippen LogP contribution in [0.1, 0.15) is 46.9 Å². The number of ether oxygens (including phenoxy) is 2. The van der Waals surface area contributed by atoms with Crippen LogP contribution in [-0.4, -0.2) is 63.2 Å². The number of pyridine rings is 2. The van der Waals surface area contributed by atoms with Gasteiger partial charge in [0, 0.05) is 47.0 Å². The normalized spacial score (nSPS) is 16.5. The van der Waals surface area contributed by atoms with Crippen LogP contribution in [0.3, 0.4) is 0 Å². The van der Waals surface area contributed by atoms with Gasteiger partial charge in [0.1, 0.15) is 5.51 Å². The molecule has 1 unspecified atom stereocenters. The number of anilines is 1. The van der Waals surface area contributed by atoms with E-state index < -0.39 is 5.41 Å². The number of nitrogens with one attached hydrogen (secondary N) is 1. The van der Waals surface area contributed by atoms with Crippen LogP contribution in [0.4, 0.5) is 5.13 Å². The first-order valence-electron chi connectivity index (χ1n) is 13.0. The van der Waals surface area contributed by atoms with Crippen molar-refractivity contribution in [1.29, 1.82) is 0 Å². The number of benzene rings is 1. The number of amides is 2. The van der Waals surface area contributed by atoms with Gasteiger partial charge < -0.3 is 19.7 Å². The van der Waals surface area contributed by atoms with Gasteiger partial charge in [0.25, 0.3) is 5.91 Å². The van der Waals surface area contributed by atoms with Gasteiger partial charge in [-0.15, -0.1) is 10.2 Å². The van der Waals surface area contributed by atoms with Crippen molar-refractivity contribution in [1.82, 2.24) is 25.1 Å². The van der Waals surface area contributed by atoms with Crippen LogP contribution >= 0.6 is 11.3 Å². The Morgan fingerprint density at radius 1 is 0.975 bits per heavy atom. The molecule has 2 amide bonds. The first kappa shape index (κ1) is 26.0. The lowest BCUT2D eigenvalue weighted by Gasteiger charge is -2.37. The van der Waals surface area contributed by atoms with E-state index in [1.807, 2.05) is 69.3 Å². The van der Waals surface area contributed by atoms with E-state index in [2.05, 4.69) is 20.5 Å². The predicted molar refractivity (Wildman–Crippen MR) is 150 cm³/mol. The molecule has 1 N–H and O–H groups in total. The Bertz CT molecular complexity index is 1570. The minimum atomic E-state index is -0.902. The molecule has 11 heteroatoms. The number of carbonyl (C=O) groups is 2. The molecule has 0 saturated carbocycles. The van der Waals surface area contributed by atoms with Gasteiger partial charge in [-0.25, -0.2) is 9.97 Å². The van der Waals surface area contributed by atoms with Crippen molar-refractivity contribution in [3.05, 3.63) is 76.4 Å². The maximum atomic E-state index is 13.5. The number of hydrogen-bond donors (Lipinski definition) is 1. The van der Waals surface area contributed by atoms with Crippen molar-refractivity contribution >= 4 is 28.3 Å². The van der Waals surface area contributed by atoms with Crippen LogP contribution < -0.4 is 10.1 Å². The fraction of sp³-hybridized carbons (Fsp3) is 0.310. The first-order chi connectivity index (χ1) is 19.3. The van der Waals surface area contributed by atoms with E-state index in [9.17, 15) is 9.59 Å². The van der Waals surface area contributed by atoms with E-state index in [1.54, 1.807) is 10.4 Å². The number of aromatic nitrogens is 4. The van der Waals surface area contributed by atoms with Crippen LogP contribution in [0.25, 0.3) is 11.3 Å². The van der Waals surface area contributed by atoms with Crippen LogP contribution in [0.5, 0.6) is 11.8 Å². The molecule has 1 fully saturated rings. The Morgan fingerprint density at radius 2 is 1.68 bits per heavy atom. The van der Waals surface area contributed by atoms with E-state index in [-0.39, 0.29) is 17.7 Å². The summed E-state index contributed by atoms with van der Waals surface area (Å²) in [5.74, 6) is 0.260. The Morgan fingerprint density at radius 3 is 2.38 bits per heavy atom. The monoisotopic (exact) mass is 556 g/mol. The van der Waals surface area contributed by atoms with Gasteiger partial charge in [0.2, 0.25) is 22.8 Å². The summed E-state index contributed by atoms with van der Waals surface area (Å²) < 4.78 is 11.6. The average molecular weight is 557 g/mol. The topological polar surface area (TPSA) is 119 Å². The third-order valence-electron chi connectivity index (χ3n) is 7.35. The second-order valence-electron chi connectivity index (χ2n) is 10.4. The summed E-state index contributed by atoms with van der Waals surface area (Å²) in [5.41, 5.74) is 5.23. The molecule has 0 spiro atoms. The second-order valence-corrected chi connectivity index (χ2v) is 11.2. The molecule has 40 heavy (non-hydrogen) atoms. The summed E-state index contributed by atoms with van der Waals surface area (Å²) in [7, 11) is 0. The van der Waals surface area contributed by atoms with E-state index in [4.69, 9.17) is 14.5 Å². The molecule has 0 radical (unpaired) electrons. The third-order valence-corrected chi connectivity index (χ3v) is 7.95. The maximum Gasteiger partial charge on any atom is 0.254 e. The number of fused-ring (bicyclic) bond motifs is 2. The molecule has 10 nitrogen and oxygen atoms in total. The van der Waals surface area contributed by atoms with Crippen LogP contribution in [0, 0.1) is 12.3 Å². The second kappa shape index (κ2) is 10.4. The van der Waals surface area contributed by atoms with E-state index in [0.29, 0.717) is 54.5 Å². The Hall–Kier alpha value is -4.22. The number of rotatable bonds is 5. The molecule has 6 rings (SSSR count). The summed E-state index contributed by atoms with van der Waals surface area (Å²) in [4.78, 5) is 37.7. The van der Waals surface area contributed by atoms with Crippen molar-refractivity contribution < 1.29 is 19.1 Å². The van der Waals surface area contributed by atoms with Gasteiger partial charge in [-0.1, -0.05) is 49.4 Å². The largest absolute Gasteiger partial charge is 0.420 e. The van der Waals surface area contributed by atoms with Crippen molar-refractivity contribution in [2.75, 3.05) is 31.6 Å². The van der Waals surface area contributed by atoms with Crippen LogP contribution in [0.2, 0.25) is 0 Å². The molecule has 1 saturated heterocycles. The van der Waals surface area contributed by atoms with Crippen molar-refractivity contribution in [3.8, 4) is 23.0 Å². The number of aryl methyl sites for hydroxylation is 1. The Labute approximate surface area is 235 Å². The number of carbonyl (C=O) groups excluding carboxylic acids is 2. The fourth-order valence-corrected chi connectivity index (χ4v) is 5.58. The SMILES string of the molecule is Cc1ccc2c(n1)Oc1nc(-c3ccc(C(=O)N4CCOCC4)cc3)ccc1C2C(C)(C)C(=O)Nc1nncs1. The highest BCUT2D eigenvalue weighted by molar-refractivity contribution is 7.13. The summed E-state index contributed by atoms with van der Waals surface area (Å²) >= 11 is 1.26. The minimum Gasteiger partial charge on any atom is -0.420 e. The number of nitrogens with zero attached hydrogens (tertiary/aromatic N) is 5. The lowest BCUT2D eigenvalue weighted by atomic mass is 9.70. The Balaban J connectivity index is 1.33. The standard InChI is InChI=1S/C29H28N6O4S/c1-17-4-9-20-23(29(2,3)27(37)33-28-34-30-16-40-28)21-10-11-22(32-25(21)39-24(20)31-17)18-5-7-19(8-6-18)26(36)35-12-14-38-15-13-35/h4-11,16,23H,12-15H2,1-3H3,(H,33,34,37). The highest BCUT2D eigenvalue weighted by atomic mass is 32.1. The van der Waals surface area contributed by atoms with Crippen molar-refractivity contribution in [2.24, 2.45) is 5.41 Å². The fourth-order valence-electron chi connectivity index (χ4n) is 5.14. The molecule has 2 aliphatic heterocycles. The molecule has 4 aromatic rings. The van der Waals surface area contributed by atoms with Crippen molar-refractivity contribution in [2.45, 2.75) is 26.7 Å². The van der Waals surface area contributed by atoms with Gasteiger partial charge >= 0.3 is 0 Å². The number of morpholine rings is 1. The quantitative estimate of drug-likeness (QED) is 0.376. The van der Waals surface area contributed by atoms with Crippen LogP contribution in [-0.2, 0) is 9.53 Å². The van der Waals surface area contributed by atoms with Gasteiger partial charge in [-0.3, -0.25) is 9.59 Å². The van der Waals surface area contributed by atoms with Crippen LogP contribution in [0.15, 0.2) is 54.0 Å². The molecule has 3 aromatic heterocycles. The summed E-state index contributed by atoms with van der Waals surface area (Å²) in [6.07, 6.45) is 0. The molecule has 0 aliphatic carbocycles. The highest BCUT2D eigenvalue weighted by Crippen LogP contribution is 2.51. The zero-order valence-corrected chi connectivity index (χ0v) is 23.2. The molecule has 1 atom stereocenters. The maximum absolute atomic E-state index is 13.5. The molecular formula is C29H28N6O4S. The zero-order chi connectivity index (χ0) is 27.9.